The van der Waals surface area contributed by atoms with Gasteiger partial charge in [-0.25, -0.2) is 0 Å². The Balaban J connectivity index is 1.66. The molecule has 0 unspecified atom stereocenters. The lowest BCUT2D eigenvalue weighted by molar-refractivity contribution is -0.120. The zero-order valence-corrected chi connectivity index (χ0v) is 12.1. The van der Waals surface area contributed by atoms with E-state index < -0.39 is 0 Å². The Bertz CT molecular complexity index is 402. The molecule has 0 saturated carbocycles. The van der Waals surface area contributed by atoms with Crippen molar-refractivity contribution in [1.29, 1.82) is 0 Å². The van der Waals surface area contributed by atoms with Gasteiger partial charge in [0, 0.05) is 56.7 Å². The number of rotatable bonds is 6. The normalized spacial score (nSPS) is 16.1. The molecule has 2 N–H and O–H groups in total. The van der Waals surface area contributed by atoms with Crippen molar-refractivity contribution in [3.8, 4) is 0 Å². The van der Waals surface area contributed by atoms with Gasteiger partial charge in [0.1, 0.15) is 0 Å². The van der Waals surface area contributed by atoms with Crippen LogP contribution in [-0.2, 0) is 4.79 Å². The van der Waals surface area contributed by atoms with Crippen LogP contribution in [0.4, 0.5) is 5.69 Å². The van der Waals surface area contributed by atoms with Crippen LogP contribution in [0.25, 0.3) is 0 Å². The van der Waals surface area contributed by atoms with Gasteiger partial charge in [0.2, 0.25) is 5.91 Å². The zero-order chi connectivity index (χ0) is 14.2. The highest BCUT2D eigenvalue weighted by Crippen LogP contribution is 2.18. The van der Waals surface area contributed by atoms with Crippen LogP contribution in [0.15, 0.2) is 24.5 Å². The third-order valence-electron chi connectivity index (χ3n) is 3.68. The van der Waals surface area contributed by atoms with Crippen LogP contribution in [0.5, 0.6) is 0 Å². The highest BCUT2D eigenvalue weighted by atomic mass is 16.1. The van der Waals surface area contributed by atoms with Crippen LogP contribution in [0.2, 0.25) is 0 Å². The Labute approximate surface area is 120 Å². The van der Waals surface area contributed by atoms with Crippen LogP contribution in [0, 0.1) is 0 Å². The topological polar surface area (TPSA) is 57.3 Å². The van der Waals surface area contributed by atoms with Crippen molar-refractivity contribution in [2.75, 3.05) is 31.1 Å². The standard InChI is InChI=1S/C15H24N4O/c1-2-17-15(20)5-10-18-13-6-11-19(12-7-13)14-3-8-16-9-4-14/h3-4,8-9,13,18H,2,5-7,10-12H2,1H3,(H,17,20). The molecule has 1 aromatic rings. The number of hydrogen-bond acceptors (Lipinski definition) is 4. The highest BCUT2D eigenvalue weighted by molar-refractivity contribution is 5.75. The molecule has 1 saturated heterocycles. The molecule has 0 atom stereocenters. The Hall–Kier alpha value is -1.62. The van der Waals surface area contributed by atoms with Crippen LogP contribution >= 0.6 is 0 Å². The molecular formula is C15H24N4O. The number of hydrogen-bond donors (Lipinski definition) is 2. The number of amides is 1. The molecule has 0 aliphatic carbocycles. The lowest BCUT2D eigenvalue weighted by atomic mass is 10.0. The van der Waals surface area contributed by atoms with Gasteiger partial charge in [0.15, 0.2) is 0 Å². The lowest BCUT2D eigenvalue weighted by Gasteiger charge is -2.34. The predicted molar refractivity (Wildman–Crippen MR) is 80.8 cm³/mol. The first-order valence-electron chi connectivity index (χ1n) is 7.44. The largest absolute Gasteiger partial charge is 0.371 e. The van der Waals surface area contributed by atoms with E-state index in [1.165, 1.54) is 5.69 Å². The molecule has 5 nitrogen and oxygen atoms in total. The molecule has 1 fully saturated rings. The first kappa shape index (κ1) is 14.8. The number of nitrogens with zero attached hydrogens (tertiary/aromatic N) is 2. The number of nitrogens with one attached hydrogen (secondary N) is 2. The van der Waals surface area contributed by atoms with Crippen molar-refractivity contribution < 1.29 is 4.79 Å². The summed E-state index contributed by atoms with van der Waals surface area (Å²) in [5, 5.41) is 6.30. The lowest BCUT2D eigenvalue weighted by Crippen LogP contribution is -2.43. The second kappa shape index (κ2) is 7.85. The van der Waals surface area contributed by atoms with Gasteiger partial charge in [-0.3, -0.25) is 9.78 Å². The van der Waals surface area contributed by atoms with E-state index in [2.05, 4.69) is 32.7 Å². The molecule has 5 heteroatoms. The van der Waals surface area contributed by atoms with E-state index in [-0.39, 0.29) is 5.91 Å². The van der Waals surface area contributed by atoms with Gasteiger partial charge >= 0.3 is 0 Å². The smallest absolute Gasteiger partial charge is 0.221 e. The Morgan fingerprint density at radius 3 is 2.70 bits per heavy atom. The molecule has 0 bridgehead atoms. The van der Waals surface area contributed by atoms with E-state index in [1.807, 2.05) is 19.3 Å². The van der Waals surface area contributed by atoms with Gasteiger partial charge in [0.05, 0.1) is 0 Å². The summed E-state index contributed by atoms with van der Waals surface area (Å²) in [5.41, 5.74) is 1.25. The van der Waals surface area contributed by atoms with Crippen LogP contribution < -0.4 is 15.5 Å². The summed E-state index contributed by atoms with van der Waals surface area (Å²) in [4.78, 5) is 17.8. The summed E-state index contributed by atoms with van der Waals surface area (Å²) in [6.45, 7) is 5.54. The number of carbonyl (C=O) groups is 1. The summed E-state index contributed by atoms with van der Waals surface area (Å²) < 4.78 is 0. The maximum atomic E-state index is 11.4. The van der Waals surface area contributed by atoms with E-state index in [0.29, 0.717) is 19.0 Å². The molecule has 1 aromatic heterocycles. The molecule has 0 radical (unpaired) electrons. The molecule has 1 aliphatic rings. The fraction of sp³-hybridized carbons (Fsp3) is 0.600. The summed E-state index contributed by atoms with van der Waals surface area (Å²) in [7, 11) is 0. The third kappa shape index (κ3) is 4.49. The van der Waals surface area contributed by atoms with Gasteiger partial charge in [-0.05, 0) is 31.9 Å². The molecule has 2 heterocycles. The second-order valence-electron chi connectivity index (χ2n) is 5.12. The number of pyridine rings is 1. The van der Waals surface area contributed by atoms with Gasteiger partial charge in [-0.15, -0.1) is 0 Å². The maximum Gasteiger partial charge on any atom is 0.221 e. The molecule has 1 amide bonds. The number of piperidine rings is 1. The summed E-state index contributed by atoms with van der Waals surface area (Å²) in [6.07, 6.45) is 6.49. The molecule has 1 aliphatic heterocycles. The molecule has 2 rings (SSSR count). The average molecular weight is 276 g/mol. The van der Waals surface area contributed by atoms with Gasteiger partial charge in [-0.2, -0.15) is 0 Å². The molecule has 0 aromatic carbocycles. The minimum absolute atomic E-state index is 0.134. The van der Waals surface area contributed by atoms with Gasteiger partial charge < -0.3 is 15.5 Å². The minimum atomic E-state index is 0.134. The summed E-state index contributed by atoms with van der Waals surface area (Å²) in [6, 6.07) is 4.65. The molecule has 20 heavy (non-hydrogen) atoms. The summed E-state index contributed by atoms with van der Waals surface area (Å²) >= 11 is 0. The molecule has 110 valence electrons. The van der Waals surface area contributed by atoms with Crippen molar-refractivity contribution in [2.24, 2.45) is 0 Å². The third-order valence-corrected chi connectivity index (χ3v) is 3.68. The molecular weight excluding hydrogens is 252 g/mol. The van der Waals surface area contributed by atoms with E-state index in [4.69, 9.17) is 0 Å². The fourth-order valence-corrected chi connectivity index (χ4v) is 2.57. The van der Waals surface area contributed by atoms with Crippen LogP contribution in [-0.4, -0.2) is 43.1 Å². The van der Waals surface area contributed by atoms with Crippen LogP contribution in [0.1, 0.15) is 26.2 Å². The second-order valence-corrected chi connectivity index (χ2v) is 5.12. The number of anilines is 1. The average Bonchev–Trinajstić information content (AvgIpc) is 2.49. The quantitative estimate of drug-likeness (QED) is 0.819. The minimum Gasteiger partial charge on any atom is -0.371 e. The fourth-order valence-electron chi connectivity index (χ4n) is 2.57. The number of aromatic nitrogens is 1. The van der Waals surface area contributed by atoms with E-state index in [1.54, 1.807) is 0 Å². The van der Waals surface area contributed by atoms with Crippen molar-refractivity contribution >= 4 is 11.6 Å². The first-order valence-corrected chi connectivity index (χ1v) is 7.44. The zero-order valence-electron chi connectivity index (χ0n) is 12.1. The molecule has 0 spiro atoms. The Morgan fingerprint density at radius 1 is 1.35 bits per heavy atom. The summed E-state index contributed by atoms with van der Waals surface area (Å²) in [5.74, 6) is 0.134. The van der Waals surface area contributed by atoms with Crippen molar-refractivity contribution in [2.45, 2.75) is 32.2 Å². The Kier molecular flexibility index (Phi) is 5.80. The van der Waals surface area contributed by atoms with E-state index in [0.717, 1.165) is 32.5 Å². The predicted octanol–water partition coefficient (Wildman–Crippen LogP) is 1.17. The van der Waals surface area contributed by atoms with Gasteiger partial charge in [0.25, 0.3) is 0 Å². The first-order chi connectivity index (χ1) is 9.79. The SMILES string of the molecule is CCNC(=O)CCNC1CCN(c2ccncc2)CC1. The van der Waals surface area contributed by atoms with E-state index in [9.17, 15) is 4.79 Å². The Morgan fingerprint density at radius 2 is 2.05 bits per heavy atom. The van der Waals surface area contributed by atoms with Gasteiger partial charge in [-0.1, -0.05) is 0 Å². The van der Waals surface area contributed by atoms with Crippen molar-refractivity contribution in [1.82, 2.24) is 15.6 Å². The van der Waals surface area contributed by atoms with Crippen molar-refractivity contribution in [3.05, 3.63) is 24.5 Å². The maximum absolute atomic E-state index is 11.4. The number of carbonyl (C=O) groups excluding carboxylic acids is 1. The van der Waals surface area contributed by atoms with E-state index >= 15 is 0 Å². The monoisotopic (exact) mass is 276 g/mol. The van der Waals surface area contributed by atoms with Crippen LogP contribution in [0.3, 0.4) is 0 Å². The highest BCUT2D eigenvalue weighted by Gasteiger charge is 2.18. The van der Waals surface area contributed by atoms with Crippen molar-refractivity contribution in [3.63, 3.8) is 0 Å².